The van der Waals surface area contributed by atoms with Crippen LogP contribution in [0, 0.1) is 11.7 Å². The van der Waals surface area contributed by atoms with Crippen LogP contribution in [0.1, 0.15) is 25.7 Å². The minimum absolute atomic E-state index is 0.0738. The number of aliphatic hydroxyl groups is 1. The Balaban J connectivity index is 1.92. The van der Waals surface area contributed by atoms with Crippen LogP contribution in [0.2, 0.25) is 0 Å². The number of benzene rings is 1. The lowest BCUT2D eigenvalue weighted by Gasteiger charge is -2.25. The summed E-state index contributed by atoms with van der Waals surface area (Å²) < 4.78 is 39.2. The summed E-state index contributed by atoms with van der Waals surface area (Å²) in [6.07, 6.45) is 2.86. The fourth-order valence-corrected chi connectivity index (χ4v) is 3.39. The number of nitrogens with one attached hydrogen (secondary N) is 1. The van der Waals surface area contributed by atoms with Crippen molar-refractivity contribution in [2.24, 2.45) is 5.92 Å². The van der Waals surface area contributed by atoms with E-state index in [-0.39, 0.29) is 16.9 Å². The van der Waals surface area contributed by atoms with Gasteiger partial charge in [0.05, 0.1) is 11.0 Å². The highest BCUT2D eigenvalue weighted by Crippen LogP contribution is 2.24. The quantitative estimate of drug-likeness (QED) is 0.885. The van der Waals surface area contributed by atoms with E-state index in [1.54, 1.807) is 0 Å². The number of sulfonamides is 1. The van der Waals surface area contributed by atoms with Crippen molar-refractivity contribution in [2.75, 3.05) is 6.54 Å². The molecule has 1 aromatic carbocycles. The number of halogens is 1. The monoisotopic (exact) mass is 287 g/mol. The molecule has 1 aliphatic carbocycles. The van der Waals surface area contributed by atoms with Crippen molar-refractivity contribution in [3.8, 4) is 0 Å². The average molecular weight is 287 g/mol. The average Bonchev–Trinajstić information content (AvgIpc) is 2.39. The molecule has 0 aromatic heterocycles. The van der Waals surface area contributed by atoms with Crippen molar-refractivity contribution in [2.45, 2.75) is 36.7 Å². The maximum absolute atomic E-state index is 12.7. The summed E-state index contributed by atoms with van der Waals surface area (Å²) in [5.74, 6) is -0.196. The molecular formula is C13H18FNO3S. The van der Waals surface area contributed by atoms with Gasteiger partial charge in [0, 0.05) is 6.54 Å². The highest BCUT2D eigenvalue weighted by atomic mass is 32.2. The van der Waals surface area contributed by atoms with Gasteiger partial charge < -0.3 is 5.11 Å². The first-order valence-electron chi connectivity index (χ1n) is 6.40. The molecule has 0 unspecified atom stereocenters. The van der Waals surface area contributed by atoms with Crippen LogP contribution in [0.25, 0.3) is 0 Å². The molecule has 0 spiro atoms. The third-order valence-electron chi connectivity index (χ3n) is 3.50. The molecule has 106 valence electrons. The van der Waals surface area contributed by atoms with Gasteiger partial charge in [0.1, 0.15) is 5.82 Å². The van der Waals surface area contributed by atoms with Crippen LogP contribution < -0.4 is 4.72 Å². The Morgan fingerprint density at radius 1 is 1.16 bits per heavy atom. The van der Waals surface area contributed by atoms with Crippen LogP contribution in [0.4, 0.5) is 4.39 Å². The van der Waals surface area contributed by atoms with Crippen LogP contribution in [0.15, 0.2) is 29.2 Å². The molecular weight excluding hydrogens is 269 g/mol. The lowest BCUT2D eigenvalue weighted by Crippen LogP contribution is -2.32. The molecule has 1 aromatic rings. The molecule has 0 heterocycles. The standard InChI is InChI=1S/C13H18FNO3S/c14-11-3-7-13(8-4-11)19(17,18)15-9-10-1-5-12(16)6-2-10/h3-4,7-8,10,12,15-16H,1-2,5-6,9H2. The summed E-state index contributed by atoms with van der Waals surface area (Å²) >= 11 is 0. The van der Waals surface area contributed by atoms with E-state index in [1.807, 2.05) is 0 Å². The van der Waals surface area contributed by atoms with E-state index >= 15 is 0 Å². The van der Waals surface area contributed by atoms with E-state index < -0.39 is 15.8 Å². The maximum atomic E-state index is 12.7. The highest BCUT2D eigenvalue weighted by molar-refractivity contribution is 7.89. The molecule has 0 radical (unpaired) electrons. The van der Waals surface area contributed by atoms with Gasteiger partial charge in [0.15, 0.2) is 0 Å². The van der Waals surface area contributed by atoms with E-state index in [0.29, 0.717) is 6.54 Å². The smallest absolute Gasteiger partial charge is 0.240 e. The van der Waals surface area contributed by atoms with Crippen molar-refractivity contribution in [1.29, 1.82) is 0 Å². The summed E-state index contributed by atoms with van der Waals surface area (Å²) in [4.78, 5) is 0.0738. The Morgan fingerprint density at radius 3 is 2.32 bits per heavy atom. The minimum atomic E-state index is -3.57. The zero-order valence-electron chi connectivity index (χ0n) is 10.5. The summed E-state index contributed by atoms with van der Waals surface area (Å²) in [5, 5.41) is 9.38. The molecule has 0 saturated heterocycles. The molecule has 4 nitrogen and oxygen atoms in total. The fraction of sp³-hybridized carbons (Fsp3) is 0.538. The first-order chi connectivity index (χ1) is 8.97. The number of aliphatic hydroxyl groups excluding tert-OH is 1. The van der Waals surface area contributed by atoms with Gasteiger partial charge in [-0.1, -0.05) is 0 Å². The molecule has 1 aliphatic rings. The van der Waals surface area contributed by atoms with Crippen LogP contribution in [0.5, 0.6) is 0 Å². The second kappa shape index (κ2) is 5.98. The van der Waals surface area contributed by atoms with Gasteiger partial charge in [-0.3, -0.25) is 0 Å². The summed E-state index contributed by atoms with van der Waals surface area (Å²) in [6, 6.07) is 4.77. The highest BCUT2D eigenvalue weighted by Gasteiger charge is 2.21. The predicted molar refractivity (Wildman–Crippen MR) is 69.6 cm³/mol. The molecule has 0 bridgehead atoms. The van der Waals surface area contributed by atoms with Gasteiger partial charge in [-0.15, -0.1) is 0 Å². The van der Waals surface area contributed by atoms with Crippen molar-refractivity contribution >= 4 is 10.0 Å². The van der Waals surface area contributed by atoms with E-state index in [9.17, 15) is 17.9 Å². The zero-order valence-corrected chi connectivity index (χ0v) is 11.4. The lowest BCUT2D eigenvalue weighted by molar-refractivity contribution is 0.109. The molecule has 0 aliphatic heterocycles. The Kier molecular flexibility index (Phi) is 4.54. The summed E-state index contributed by atoms with van der Waals surface area (Å²) in [7, 11) is -3.57. The molecule has 2 rings (SSSR count). The van der Waals surface area contributed by atoms with Crippen LogP contribution in [-0.4, -0.2) is 26.2 Å². The predicted octanol–water partition coefficient (Wildman–Crippen LogP) is 1.66. The molecule has 1 fully saturated rings. The second-order valence-electron chi connectivity index (χ2n) is 4.98. The van der Waals surface area contributed by atoms with E-state index in [0.717, 1.165) is 37.8 Å². The van der Waals surface area contributed by atoms with Crippen molar-refractivity contribution in [1.82, 2.24) is 4.72 Å². The Morgan fingerprint density at radius 2 is 1.74 bits per heavy atom. The van der Waals surface area contributed by atoms with Gasteiger partial charge in [-0.2, -0.15) is 0 Å². The minimum Gasteiger partial charge on any atom is -0.393 e. The first kappa shape index (κ1) is 14.4. The van der Waals surface area contributed by atoms with Crippen molar-refractivity contribution in [3.63, 3.8) is 0 Å². The van der Waals surface area contributed by atoms with Gasteiger partial charge in [0.2, 0.25) is 10.0 Å². The van der Waals surface area contributed by atoms with Crippen molar-refractivity contribution < 1.29 is 17.9 Å². The van der Waals surface area contributed by atoms with Gasteiger partial charge in [0.25, 0.3) is 0 Å². The SMILES string of the molecule is O=S(=O)(NCC1CCC(O)CC1)c1ccc(F)cc1. The van der Waals surface area contributed by atoms with E-state index in [1.165, 1.54) is 12.1 Å². The van der Waals surface area contributed by atoms with Crippen LogP contribution in [-0.2, 0) is 10.0 Å². The summed E-state index contributed by atoms with van der Waals surface area (Å²) in [5.41, 5.74) is 0. The molecule has 0 atom stereocenters. The number of hydrogen-bond acceptors (Lipinski definition) is 3. The zero-order chi connectivity index (χ0) is 13.9. The Hall–Kier alpha value is -0.980. The first-order valence-corrected chi connectivity index (χ1v) is 7.89. The van der Waals surface area contributed by atoms with Gasteiger partial charge >= 0.3 is 0 Å². The summed E-state index contributed by atoms with van der Waals surface area (Å²) in [6.45, 7) is 0.367. The Labute approximate surface area is 112 Å². The normalized spacial score (nSPS) is 24.3. The van der Waals surface area contributed by atoms with E-state index in [2.05, 4.69) is 4.72 Å². The third-order valence-corrected chi connectivity index (χ3v) is 4.94. The number of rotatable bonds is 4. The molecule has 19 heavy (non-hydrogen) atoms. The van der Waals surface area contributed by atoms with Crippen LogP contribution >= 0.6 is 0 Å². The largest absolute Gasteiger partial charge is 0.393 e. The van der Waals surface area contributed by atoms with Gasteiger partial charge in [-0.25, -0.2) is 17.5 Å². The third kappa shape index (κ3) is 3.99. The molecule has 0 amide bonds. The topological polar surface area (TPSA) is 66.4 Å². The molecule has 2 N–H and O–H groups in total. The van der Waals surface area contributed by atoms with E-state index in [4.69, 9.17) is 0 Å². The maximum Gasteiger partial charge on any atom is 0.240 e. The Bertz CT molecular complexity index is 507. The molecule has 6 heteroatoms. The molecule has 1 saturated carbocycles. The van der Waals surface area contributed by atoms with Gasteiger partial charge in [-0.05, 0) is 55.9 Å². The fourth-order valence-electron chi connectivity index (χ4n) is 2.27. The van der Waals surface area contributed by atoms with Crippen molar-refractivity contribution in [3.05, 3.63) is 30.1 Å². The second-order valence-corrected chi connectivity index (χ2v) is 6.75. The van der Waals surface area contributed by atoms with Crippen LogP contribution in [0.3, 0.4) is 0 Å². The number of hydrogen-bond donors (Lipinski definition) is 2. The lowest BCUT2D eigenvalue weighted by atomic mass is 9.88.